The number of hydrogen-bond acceptors (Lipinski definition) is 1. The molecule has 0 N–H and O–H groups in total. The van der Waals surface area contributed by atoms with Crippen LogP contribution in [-0.4, -0.2) is 23.9 Å². The molecular formula is C9H15NO. The lowest BCUT2D eigenvalue weighted by Crippen LogP contribution is -2.25. The summed E-state index contributed by atoms with van der Waals surface area (Å²) in [7, 11) is 0. The van der Waals surface area contributed by atoms with E-state index >= 15 is 0 Å². The average molecular weight is 153 g/mol. The SMILES string of the molecule is C=C1CCN(CCCC)C1=O. The normalized spacial score (nSPS) is 18.1. The van der Waals surface area contributed by atoms with Crippen molar-refractivity contribution in [1.29, 1.82) is 0 Å². The molecule has 0 spiro atoms. The Hall–Kier alpha value is -0.790. The van der Waals surface area contributed by atoms with Crippen LogP contribution in [0.3, 0.4) is 0 Å². The number of amides is 1. The Morgan fingerprint density at radius 1 is 1.64 bits per heavy atom. The van der Waals surface area contributed by atoms with Crippen molar-refractivity contribution >= 4 is 5.91 Å². The van der Waals surface area contributed by atoms with Crippen LogP contribution in [0.4, 0.5) is 0 Å². The highest BCUT2D eigenvalue weighted by atomic mass is 16.2. The van der Waals surface area contributed by atoms with Gasteiger partial charge in [0.25, 0.3) is 0 Å². The molecule has 1 aliphatic heterocycles. The number of nitrogens with zero attached hydrogens (tertiary/aromatic N) is 1. The van der Waals surface area contributed by atoms with Crippen molar-refractivity contribution in [3.8, 4) is 0 Å². The van der Waals surface area contributed by atoms with E-state index < -0.39 is 0 Å². The smallest absolute Gasteiger partial charge is 0.249 e. The van der Waals surface area contributed by atoms with Crippen LogP contribution in [0, 0.1) is 0 Å². The van der Waals surface area contributed by atoms with Crippen LogP contribution in [0.25, 0.3) is 0 Å². The van der Waals surface area contributed by atoms with Crippen molar-refractivity contribution < 1.29 is 4.79 Å². The fourth-order valence-electron chi connectivity index (χ4n) is 1.26. The van der Waals surface area contributed by atoms with E-state index in [4.69, 9.17) is 0 Å². The summed E-state index contributed by atoms with van der Waals surface area (Å²) in [5, 5.41) is 0. The molecule has 0 atom stereocenters. The Balaban J connectivity index is 2.36. The van der Waals surface area contributed by atoms with Gasteiger partial charge in [-0.2, -0.15) is 0 Å². The Labute approximate surface area is 67.9 Å². The maximum atomic E-state index is 11.2. The van der Waals surface area contributed by atoms with Crippen LogP contribution >= 0.6 is 0 Å². The van der Waals surface area contributed by atoms with Crippen molar-refractivity contribution in [2.45, 2.75) is 26.2 Å². The summed E-state index contributed by atoms with van der Waals surface area (Å²) in [5.74, 6) is 0.165. The minimum atomic E-state index is 0.165. The second-order valence-corrected chi connectivity index (χ2v) is 3.00. The average Bonchev–Trinajstić information content (AvgIpc) is 2.31. The Kier molecular flexibility index (Phi) is 2.69. The highest BCUT2D eigenvalue weighted by Crippen LogP contribution is 2.14. The Morgan fingerprint density at radius 3 is 2.82 bits per heavy atom. The summed E-state index contributed by atoms with van der Waals surface area (Å²) in [6.07, 6.45) is 3.12. The van der Waals surface area contributed by atoms with Crippen molar-refractivity contribution in [1.82, 2.24) is 4.90 Å². The summed E-state index contributed by atoms with van der Waals surface area (Å²) in [6.45, 7) is 7.63. The van der Waals surface area contributed by atoms with Gasteiger partial charge in [0.1, 0.15) is 0 Å². The van der Waals surface area contributed by atoms with Gasteiger partial charge >= 0.3 is 0 Å². The molecule has 1 rings (SSSR count). The van der Waals surface area contributed by atoms with Gasteiger partial charge in [0.05, 0.1) is 0 Å². The molecule has 0 aromatic heterocycles. The lowest BCUT2D eigenvalue weighted by molar-refractivity contribution is -0.124. The lowest BCUT2D eigenvalue weighted by atomic mass is 10.3. The standard InChI is InChI=1S/C9H15NO/c1-3-4-6-10-7-5-8(2)9(10)11/h2-7H2,1H3. The quantitative estimate of drug-likeness (QED) is 0.564. The molecule has 2 nitrogen and oxygen atoms in total. The summed E-state index contributed by atoms with van der Waals surface area (Å²) >= 11 is 0. The van der Waals surface area contributed by atoms with E-state index in [1.807, 2.05) is 4.90 Å². The van der Waals surface area contributed by atoms with Gasteiger partial charge < -0.3 is 4.90 Å². The van der Waals surface area contributed by atoms with Gasteiger partial charge in [-0.3, -0.25) is 4.79 Å². The molecule has 11 heavy (non-hydrogen) atoms. The second-order valence-electron chi connectivity index (χ2n) is 3.00. The highest BCUT2D eigenvalue weighted by molar-refractivity contribution is 5.94. The molecule has 62 valence electrons. The van der Waals surface area contributed by atoms with Crippen LogP contribution in [-0.2, 0) is 4.79 Å². The first-order valence-corrected chi connectivity index (χ1v) is 4.22. The zero-order valence-corrected chi connectivity index (χ0v) is 7.10. The summed E-state index contributed by atoms with van der Waals surface area (Å²) in [6, 6.07) is 0. The molecule has 0 aromatic rings. The molecule has 1 fully saturated rings. The fourth-order valence-corrected chi connectivity index (χ4v) is 1.26. The van der Waals surface area contributed by atoms with E-state index in [-0.39, 0.29) is 5.91 Å². The van der Waals surface area contributed by atoms with Gasteiger partial charge in [0.2, 0.25) is 5.91 Å². The third kappa shape index (κ3) is 1.82. The zero-order chi connectivity index (χ0) is 8.27. The molecule has 0 saturated carbocycles. The maximum absolute atomic E-state index is 11.2. The van der Waals surface area contributed by atoms with Gasteiger partial charge in [-0.15, -0.1) is 0 Å². The van der Waals surface area contributed by atoms with Crippen LogP contribution < -0.4 is 0 Å². The van der Waals surface area contributed by atoms with Gasteiger partial charge in [0.15, 0.2) is 0 Å². The number of unbranched alkanes of at least 4 members (excludes halogenated alkanes) is 1. The number of rotatable bonds is 3. The van der Waals surface area contributed by atoms with E-state index in [2.05, 4.69) is 13.5 Å². The van der Waals surface area contributed by atoms with E-state index in [0.29, 0.717) is 0 Å². The first-order chi connectivity index (χ1) is 5.25. The number of carbonyl (C=O) groups excluding carboxylic acids is 1. The summed E-state index contributed by atoms with van der Waals surface area (Å²) < 4.78 is 0. The predicted octanol–water partition coefficient (Wildman–Crippen LogP) is 1.57. The number of likely N-dealkylation sites (tertiary alicyclic amines) is 1. The molecule has 2 heteroatoms. The minimum absolute atomic E-state index is 0.165. The van der Waals surface area contributed by atoms with E-state index in [9.17, 15) is 4.79 Å². The lowest BCUT2D eigenvalue weighted by Gasteiger charge is -2.13. The Bertz CT molecular complexity index is 174. The number of carbonyl (C=O) groups is 1. The molecular weight excluding hydrogens is 138 g/mol. The maximum Gasteiger partial charge on any atom is 0.249 e. The van der Waals surface area contributed by atoms with Gasteiger partial charge in [-0.1, -0.05) is 19.9 Å². The molecule has 0 bridgehead atoms. The number of hydrogen-bond donors (Lipinski definition) is 0. The van der Waals surface area contributed by atoms with Crippen molar-refractivity contribution in [3.63, 3.8) is 0 Å². The molecule has 1 heterocycles. The van der Waals surface area contributed by atoms with E-state index in [0.717, 1.165) is 37.9 Å². The summed E-state index contributed by atoms with van der Waals surface area (Å²) in [5.41, 5.74) is 0.779. The third-order valence-electron chi connectivity index (χ3n) is 2.05. The van der Waals surface area contributed by atoms with Crippen LogP contribution in [0.5, 0.6) is 0 Å². The Morgan fingerprint density at radius 2 is 2.36 bits per heavy atom. The van der Waals surface area contributed by atoms with E-state index in [1.54, 1.807) is 0 Å². The van der Waals surface area contributed by atoms with Crippen LogP contribution in [0.2, 0.25) is 0 Å². The topological polar surface area (TPSA) is 20.3 Å². The first kappa shape index (κ1) is 8.31. The first-order valence-electron chi connectivity index (χ1n) is 4.22. The monoisotopic (exact) mass is 153 g/mol. The molecule has 0 radical (unpaired) electrons. The minimum Gasteiger partial charge on any atom is -0.339 e. The van der Waals surface area contributed by atoms with E-state index in [1.165, 1.54) is 0 Å². The largest absolute Gasteiger partial charge is 0.339 e. The van der Waals surface area contributed by atoms with Crippen molar-refractivity contribution in [3.05, 3.63) is 12.2 Å². The molecule has 0 aliphatic carbocycles. The van der Waals surface area contributed by atoms with Gasteiger partial charge in [-0.25, -0.2) is 0 Å². The zero-order valence-electron chi connectivity index (χ0n) is 7.10. The molecule has 0 aromatic carbocycles. The predicted molar refractivity (Wildman–Crippen MR) is 45.2 cm³/mol. The second kappa shape index (κ2) is 3.56. The molecule has 1 aliphatic rings. The highest BCUT2D eigenvalue weighted by Gasteiger charge is 2.22. The van der Waals surface area contributed by atoms with Crippen LogP contribution in [0.1, 0.15) is 26.2 Å². The third-order valence-corrected chi connectivity index (χ3v) is 2.05. The molecule has 0 unspecified atom stereocenters. The molecule has 1 saturated heterocycles. The van der Waals surface area contributed by atoms with Crippen molar-refractivity contribution in [2.24, 2.45) is 0 Å². The van der Waals surface area contributed by atoms with Crippen molar-refractivity contribution in [2.75, 3.05) is 13.1 Å². The van der Waals surface area contributed by atoms with Gasteiger partial charge in [0, 0.05) is 18.7 Å². The molecule has 1 amide bonds. The van der Waals surface area contributed by atoms with Gasteiger partial charge in [-0.05, 0) is 12.8 Å². The summed E-state index contributed by atoms with van der Waals surface area (Å²) in [4.78, 5) is 13.1. The van der Waals surface area contributed by atoms with Crippen LogP contribution in [0.15, 0.2) is 12.2 Å². The fraction of sp³-hybridized carbons (Fsp3) is 0.667.